The van der Waals surface area contributed by atoms with E-state index in [0.29, 0.717) is 10.9 Å². The first-order valence-electron chi connectivity index (χ1n) is 6.37. The lowest BCUT2D eigenvalue weighted by Crippen LogP contribution is -2.40. The summed E-state index contributed by atoms with van der Waals surface area (Å²) in [7, 11) is 0. The number of aliphatic hydroxyl groups is 1. The third-order valence-electron chi connectivity index (χ3n) is 3.43. The molecule has 2 N–H and O–H groups in total. The van der Waals surface area contributed by atoms with Crippen molar-refractivity contribution in [2.45, 2.75) is 38.3 Å². The van der Waals surface area contributed by atoms with Crippen molar-refractivity contribution in [2.75, 3.05) is 13.2 Å². The topological polar surface area (TPSA) is 60.8 Å². The number of carbonyl (C=O) groups is 1. The second kappa shape index (κ2) is 6.31. The highest BCUT2D eigenvalue weighted by molar-refractivity contribution is 7.13. The van der Waals surface area contributed by atoms with Gasteiger partial charge >= 0.3 is 5.97 Å². The summed E-state index contributed by atoms with van der Waals surface area (Å²) in [5.74, 6) is -0.850. The molecule has 1 fully saturated rings. The fourth-order valence-electron chi connectivity index (χ4n) is 2.19. The third-order valence-corrected chi connectivity index (χ3v) is 4.48. The van der Waals surface area contributed by atoms with Crippen LogP contribution in [0.15, 0.2) is 12.1 Å². The first-order valence-corrected chi connectivity index (χ1v) is 7.19. The second-order valence-electron chi connectivity index (χ2n) is 4.70. The van der Waals surface area contributed by atoms with Gasteiger partial charge in [-0.2, -0.15) is 0 Å². The highest BCUT2D eigenvalue weighted by Crippen LogP contribution is 2.28. The summed E-state index contributed by atoms with van der Waals surface area (Å²) in [6, 6.07) is 4.19. The first kappa shape index (κ1) is 13.5. The number of aliphatic hydroxyl groups excluding tert-OH is 1. The summed E-state index contributed by atoms with van der Waals surface area (Å²) in [5, 5.41) is 17.8. The van der Waals surface area contributed by atoms with Crippen molar-refractivity contribution < 1.29 is 15.0 Å². The molecule has 0 atom stereocenters. The zero-order valence-corrected chi connectivity index (χ0v) is 11.2. The van der Waals surface area contributed by atoms with Crippen LogP contribution in [0.4, 0.5) is 0 Å². The minimum Gasteiger partial charge on any atom is -0.477 e. The van der Waals surface area contributed by atoms with Gasteiger partial charge in [0.05, 0.1) is 0 Å². The van der Waals surface area contributed by atoms with Crippen LogP contribution in [0.3, 0.4) is 0 Å². The van der Waals surface area contributed by atoms with E-state index >= 15 is 0 Å². The van der Waals surface area contributed by atoms with Crippen LogP contribution in [-0.4, -0.2) is 40.3 Å². The lowest BCUT2D eigenvalue weighted by molar-refractivity contribution is 0.0702. The minimum atomic E-state index is -0.850. The maximum atomic E-state index is 10.8. The number of carboxylic acid groups (broad SMARTS) is 1. The molecule has 1 aliphatic rings. The van der Waals surface area contributed by atoms with Gasteiger partial charge in [-0.25, -0.2) is 4.79 Å². The molecular weight excluding hydrogens is 250 g/mol. The van der Waals surface area contributed by atoms with Crippen LogP contribution in [-0.2, 0) is 6.54 Å². The van der Waals surface area contributed by atoms with Crippen molar-refractivity contribution in [3.05, 3.63) is 21.9 Å². The molecule has 0 amide bonds. The fourth-order valence-corrected chi connectivity index (χ4v) is 3.07. The molecule has 0 bridgehead atoms. The molecule has 1 aromatic rings. The average molecular weight is 269 g/mol. The van der Waals surface area contributed by atoms with Gasteiger partial charge in [-0.05, 0) is 31.4 Å². The molecule has 0 aromatic carbocycles. The summed E-state index contributed by atoms with van der Waals surface area (Å²) in [5.41, 5.74) is 0. The zero-order chi connectivity index (χ0) is 13.0. The summed E-state index contributed by atoms with van der Waals surface area (Å²) >= 11 is 1.35. The lowest BCUT2D eigenvalue weighted by Gasteiger charge is -2.37. The molecule has 2 rings (SSSR count). The summed E-state index contributed by atoms with van der Waals surface area (Å²) in [6.45, 7) is 1.91. The van der Waals surface area contributed by atoms with Gasteiger partial charge in [-0.1, -0.05) is 6.42 Å². The molecule has 100 valence electrons. The van der Waals surface area contributed by atoms with Gasteiger partial charge in [0.2, 0.25) is 0 Å². The molecule has 5 heteroatoms. The second-order valence-corrected chi connectivity index (χ2v) is 5.87. The van der Waals surface area contributed by atoms with E-state index in [-0.39, 0.29) is 6.61 Å². The van der Waals surface area contributed by atoms with E-state index < -0.39 is 5.97 Å². The van der Waals surface area contributed by atoms with Crippen molar-refractivity contribution >= 4 is 17.3 Å². The van der Waals surface area contributed by atoms with E-state index in [1.807, 2.05) is 6.07 Å². The Labute approximate surface area is 111 Å². The van der Waals surface area contributed by atoms with Crippen LogP contribution >= 0.6 is 11.3 Å². The van der Waals surface area contributed by atoms with Gasteiger partial charge in [0.1, 0.15) is 4.88 Å². The van der Waals surface area contributed by atoms with Crippen molar-refractivity contribution in [1.82, 2.24) is 4.90 Å². The minimum absolute atomic E-state index is 0.216. The Bertz CT molecular complexity index is 401. The fraction of sp³-hybridized carbons (Fsp3) is 0.615. The molecule has 0 aliphatic heterocycles. The number of hydrogen-bond donors (Lipinski definition) is 2. The van der Waals surface area contributed by atoms with Crippen LogP contribution in [0.5, 0.6) is 0 Å². The lowest BCUT2D eigenvalue weighted by atomic mass is 9.91. The van der Waals surface area contributed by atoms with Crippen molar-refractivity contribution in [1.29, 1.82) is 0 Å². The van der Waals surface area contributed by atoms with Gasteiger partial charge in [0, 0.05) is 30.6 Å². The van der Waals surface area contributed by atoms with Crippen LogP contribution in [0.2, 0.25) is 0 Å². The van der Waals surface area contributed by atoms with Crippen molar-refractivity contribution in [2.24, 2.45) is 0 Å². The van der Waals surface area contributed by atoms with E-state index in [1.165, 1.54) is 30.6 Å². The van der Waals surface area contributed by atoms with E-state index in [4.69, 9.17) is 10.2 Å². The standard InChI is InChI=1S/C13H19NO3S/c15-8-2-7-14(10-3-1-4-10)9-11-5-6-12(18-11)13(16)17/h5-6,10,15H,1-4,7-9H2,(H,16,17). The van der Waals surface area contributed by atoms with Crippen molar-refractivity contribution in [3.63, 3.8) is 0 Å². The highest BCUT2D eigenvalue weighted by atomic mass is 32.1. The number of rotatable bonds is 7. The summed E-state index contributed by atoms with van der Waals surface area (Å²) in [4.78, 5) is 14.7. The molecular formula is C13H19NO3S. The Morgan fingerprint density at radius 2 is 2.22 bits per heavy atom. The largest absolute Gasteiger partial charge is 0.477 e. The molecule has 0 radical (unpaired) electrons. The smallest absolute Gasteiger partial charge is 0.345 e. The van der Waals surface area contributed by atoms with Crippen molar-refractivity contribution in [3.8, 4) is 0 Å². The molecule has 18 heavy (non-hydrogen) atoms. The van der Waals surface area contributed by atoms with Crippen LogP contribution in [0.25, 0.3) is 0 Å². The monoisotopic (exact) mass is 269 g/mol. The quantitative estimate of drug-likeness (QED) is 0.796. The molecule has 0 spiro atoms. The molecule has 1 aromatic heterocycles. The van der Waals surface area contributed by atoms with Gasteiger partial charge in [0.25, 0.3) is 0 Å². The Kier molecular flexibility index (Phi) is 4.74. The van der Waals surface area contributed by atoms with Crippen LogP contribution in [0, 0.1) is 0 Å². The number of aromatic carboxylic acids is 1. The zero-order valence-electron chi connectivity index (χ0n) is 10.3. The Morgan fingerprint density at radius 1 is 1.44 bits per heavy atom. The Morgan fingerprint density at radius 3 is 2.72 bits per heavy atom. The van der Waals surface area contributed by atoms with E-state index in [0.717, 1.165) is 24.4 Å². The molecule has 1 heterocycles. The highest BCUT2D eigenvalue weighted by Gasteiger charge is 2.25. The molecule has 0 unspecified atom stereocenters. The third kappa shape index (κ3) is 3.31. The first-order chi connectivity index (χ1) is 8.70. The van der Waals surface area contributed by atoms with E-state index in [1.54, 1.807) is 6.07 Å². The SMILES string of the molecule is O=C(O)c1ccc(CN(CCCO)C2CCC2)s1. The Balaban J connectivity index is 1.95. The summed E-state index contributed by atoms with van der Waals surface area (Å²) in [6.07, 6.45) is 4.52. The normalized spacial score (nSPS) is 15.9. The summed E-state index contributed by atoms with van der Waals surface area (Å²) < 4.78 is 0. The van der Waals surface area contributed by atoms with E-state index in [2.05, 4.69) is 4.90 Å². The van der Waals surface area contributed by atoms with Gasteiger partial charge in [0.15, 0.2) is 0 Å². The number of carboxylic acids is 1. The molecule has 4 nitrogen and oxygen atoms in total. The maximum absolute atomic E-state index is 10.8. The van der Waals surface area contributed by atoms with Crippen LogP contribution in [0.1, 0.15) is 40.2 Å². The number of hydrogen-bond acceptors (Lipinski definition) is 4. The average Bonchev–Trinajstić information content (AvgIpc) is 2.72. The molecule has 0 saturated heterocycles. The van der Waals surface area contributed by atoms with Gasteiger partial charge < -0.3 is 10.2 Å². The van der Waals surface area contributed by atoms with Gasteiger partial charge in [-0.15, -0.1) is 11.3 Å². The molecule has 1 saturated carbocycles. The predicted molar refractivity (Wildman–Crippen MR) is 71.0 cm³/mol. The van der Waals surface area contributed by atoms with E-state index in [9.17, 15) is 4.79 Å². The predicted octanol–water partition coefficient (Wildman–Crippen LogP) is 2.18. The molecule has 1 aliphatic carbocycles. The maximum Gasteiger partial charge on any atom is 0.345 e. The Hall–Kier alpha value is -0.910. The number of thiophene rings is 1. The number of nitrogens with zero attached hydrogens (tertiary/aromatic N) is 1. The van der Waals surface area contributed by atoms with Gasteiger partial charge in [-0.3, -0.25) is 4.90 Å². The van der Waals surface area contributed by atoms with Crippen LogP contribution < -0.4 is 0 Å².